The topological polar surface area (TPSA) is 66.9 Å². The van der Waals surface area contributed by atoms with Gasteiger partial charge in [-0.15, -0.1) is 11.3 Å². The van der Waals surface area contributed by atoms with E-state index in [4.69, 9.17) is 18.9 Å². The largest absolute Gasteiger partial charge is 0.487 e. The molecule has 2 heterocycles. The van der Waals surface area contributed by atoms with Crippen molar-refractivity contribution in [2.24, 2.45) is 0 Å². The first-order valence-electron chi connectivity index (χ1n) is 7.50. The second-order valence-corrected chi connectivity index (χ2v) is 5.92. The molecule has 0 N–H and O–H groups in total. The van der Waals surface area contributed by atoms with Crippen LogP contribution in [0.15, 0.2) is 53.4 Å². The van der Waals surface area contributed by atoms with Gasteiger partial charge in [-0.1, -0.05) is 0 Å². The molecule has 0 spiro atoms. The van der Waals surface area contributed by atoms with Gasteiger partial charge in [-0.3, -0.25) is 0 Å². The van der Waals surface area contributed by atoms with Crippen molar-refractivity contribution in [1.29, 1.82) is 0 Å². The molecule has 0 saturated heterocycles. The average Bonchev–Trinajstić information content (AvgIpc) is 3.31. The number of hydrogen-bond donors (Lipinski definition) is 0. The van der Waals surface area contributed by atoms with E-state index in [0.717, 1.165) is 5.69 Å². The fourth-order valence-corrected chi connectivity index (χ4v) is 2.80. The van der Waals surface area contributed by atoms with Crippen molar-refractivity contribution in [3.8, 4) is 23.0 Å². The number of carbonyl (C=O) groups is 1. The van der Waals surface area contributed by atoms with Gasteiger partial charge in [0, 0.05) is 11.4 Å². The first-order chi connectivity index (χ1) is 12.3. The second-order valence-electron chi connectivity index (χ2n) is 5.20. The van der Waals surface area contributed by atoms with E-state index in [0.29, 0.717) is 35.2 Å². The molecule has 0 unspecified atom stereocenters. The van der Waals surface area contributed by atoms with E-state index < -0.39 is 5.97 Å². The summed E-state index contributed by atoms with van der Waals surface area (Å²) in [5.41, 5.74) is 3.06. The lowest BCUT2D eigenvalue weighted by Gasteiger charge is -2.07. The Labute approximate surface area is 147 Å². The van der Waals surface area contributed by atoms with Gasteiger partial charge in [-0.05, 0) is 36.4 Å². The van der Waals surface area contributed by atoms with E-state index in [2.05, 4.69) is 4.98 Å². The molecule has 0 bridgehead atoms. The zero-order valence-corrected chi connectivity index (χ0v) is 13.8. The molecule has 1 aliphatic heterocycles. The van der Waals surface area contributed by atoms with Gasteiger partial charge in [-0.2, -0.15) is 0 Å². The summed E-state index contributed by atoms with van der Waals surface area (Å²) in [7, 11) is 0. The quantitative estimate of drug-likeness (QED) is 0.514. The van der Waals surface area contributed by atoms with Crippen LogP contribution in [0.2, 0.25) is 0 Å². The fraction of sp³-hybridized carbons (Fsp3) is 0.111. The highest BCUT2D eigenvalue weighted by molar-refractivity contribution is 7.07. The van der Waals surface area contributed by atoms with Crippen LogP contribution < -0.4 is 18.9 Å². The van der Waals surface area contributed by atoms with Gasteiger partial charge < -0.3 is 18.9 Å². The van der Waals surface area contributed by atoms with Crippen molar-refractivity contribution < 1.29 is 23.7 Å². The Hall–Kier alpha value is -3.06. The number of esters is 1. The number of rotatable bonds is 5. The Balaban J connectivity index is 1.38. The summed E-state index contributed by atoms with van der Waals surface area (Å²) in [5.74, 6) is 1.81. The second kappa shape index (κ2) is 6.82. The van der Waals surface area contributed by atoms with Crippen LogP contribution in [0, 0.1) is 0 Å². The molecule has 4 rings (SSSR count). The Morgan fingerprint density at radius 1 is 1.08 bits per heavy atom. The summed E-state index contributed by atoms with van der Waals surface area (Å²) < 4.78 is 21.5. The summed E-state index contributed by atoms with van der Waals surface area (Å²) >= 11 is 1.52. The van der Waals surface area contributed by atoms with Crippen LogP contribution in [0.5, 0.6) is 23.0 Å². The van der Waals surface area contributed by atoms with E-state index in [-0.39, 0.29) is 6.79 Å². The van der Waals surface area contributed by atoms with Crippen molar-refractivity contribution in [3.05, 3.63) is 64.6 Å². The summed E-state index contributed by atoms with van der Waals surface area (Å²) in [4.78, 5) is 16.4. The Morgan fingerprint density at radius 2 is 1.88 bits per heavy atom. The SMILES string of the molecule is O=C(Oc1ccc2c(c1)OCO2)c1ccc(OCc2cscn2)cc1. The third-order valence-electron chi connectivity index (χ3n) is 3.51. The Morgan fingerprint density at radius 3 is 2.68 bits per heavy atom. The highest BCUT2D eigenvalue weighted by atomic mass is 32.1. The standard InChI is InChI=1S/C18H13NO5S/c20-18(24-15-5-6-16-17(7-15)23-11-22-16)12-1-3-14(4-2-12)21-8-13-9-25-10-19-13/h1-7,9-10H,8,11H2. The summed E-state index contributed by atoms with van der Waals surface area (Å²) in [5, 5.41) is 1.93. The molecule has 0 atom stereocenters. The lowest BCUT2D eigenvalue weighted by atomic mass is 10.2. The Kier molecular flexibility index (Phi) is 4.22. The zero-order chi connectivity index (χ0) is 17.1. The monoisotopic (exact) mass is 355 g/mol. The minimum atomic E-state index is -0.454. The van der Waals surface area contributed by atoms with E-state index in [1.54, 1.807) is 48.0 Å². The first kappa shape index (κ1) is 15.5. The van der Waals surface area contributed by atoms with Crippen molar-refractivity contribution in [1.82, 2.24) is 4.98 Å². The summed E-state index contributed by atoms with van der Waals surface area (Å²) in [6.07, 6.45) is 0. The molecule has 0 radical (unpaired) electrons. The maximum atomic E-state index is 12.2. The molecule has 25 heavy (non-hydrogen) atoms. The van der Waals surface area contributed by atoms with Crippen LogP contribution in [-0.4, -0.2) is 17.7 Å². The molecule has 0 amide bonds. The molecule has 0 fully saturated rings. The van der Waals surface area contributed by atoms with E-state index in [9.17, 15) is 4.79 Å². The van der Waals surface area contributed by atoms with Gasteiger partial charge in [0.05, 0.1) is 16.8 Å². The molecule has 7 heteroatoms. The molecule has 2 aromatic carbocycles. The van der Waals surface area contributed by atoms with Crippen LogP contribution in [-0.2, 0) is 6.61 Å². The zero-order valence-electron chi connectivity index (χ0n) is 13.0. The first-order valence-corrected chi connectivity index (χ1v) is 8.44. The normalized spacial score (nSPS) is 12.0. The number of ether oxygens (including phenoxy) is 4. The van der Waals surface area contributed by atoms with Crippen LogP contribution in [0.25, 0.3) is 0 Å². The third kappa shape index (κ3) is 3.56. The molecule has 126 valence electrons. The number of thiazole rings is 1. The van der Waals surface area contributed by atoms with E-state index in [1.807, 2.05) is 5.38 Å². The van der Waals surface area contributed by atoms with Crippen molar-refractivity contribution in [2.45, 2.75) is 6.61 Å². The van der Waals surface area contributed by atoms with Crippen molar-refractivity contribution >= 4 is 17.3 Å². The lowest BCUT2D eigenvalue weighted by molar-refractivity contribution is 0.0734. The van der Waals surface area contributed by atoms with Crippen LogP contribution >= 0.6 is 11.3 Å². The number of benzene rings is 2. The predicted octanol–water partition coefficient (Wildman–Crippen LogP) is 3.67. The summed E-state index contributed by atoms with van der Waals surface area (Å²) in [6, 6.07) is 11.8. The van der Waals surface area contributed by atoms with Gasteiger partial charge in [-0.25, -0.2) is 9.78 Å². The minimum Gasteiger partial charge on any atom is -0.487 e. The van der Waals surface area contributed by atoms with Gasteiger partial charge in [0.2, 0.25) is 6.79 Å². The van der Waals surface area contributed by atoms with Gasteiger partial charge >= 0.3 is 5.97 Å². The van der Waals surface area contributed by atoms with Gasteiger partial charge in [0.25, 0.3) is 0 Å². The molecule has 0 aliphatic carbocycles. The highest BCUT2D eigenvalue weighted by Gasteiger charge is 2.16. The fourth-order valence-electron chi connectivity index (χ4n) is 2.26. The number of hydrogen-bond acceptors (Lipinski definition) is 7. The van der Waals surface area contributed by atoms with Crippen LogP contribution in [0.1, 0.15) is 16.1 Å². The molecular weight excluding hydrogens is 342 g/mol. The predicted molar refractivity (Wildman–Crippen MR) is 90.4 cm³/mol. The Bertz CT molecular complexity index is 877. The smallest absolute Gasteiger partial charge is 0.343 e. The van der Waals surface area contributed by atoms with Gasteiger partial charge in [0.15, 0.2) is 11.5 Å². The number of fused-ring (bicyclic) bond motifs is 1. The molecule has 0 saturated carbocycles. The molecule has 6 nitrogen and oxygen atoms in total. The molecule has 1 aromatic heterocycles. The van der Waals surface area contributed by atoms with Crippen molar-refractivity contribution in [2.75, 3.05) is 6.79 Å². The number of aromatic nitrogens is 1. The van der Waals surface area contributed by atoms with Gasteiger partial charge in [0.1, 0.15) is 18.1 Å². The maximum Gasteiger partial charge on any atom is 0.343 e. The van der Waals surface area contributed by atoms with Crippen LogP contribution in [0.3, 0.4) is 0 Å². The number of carbonyl (C=O) groups excluding carboxylic acids is 1. The summed E-state index contributed by atoms with van der Waals surface area (Å²) in [6.45, 7) is 0.569. The molecular formula is C18H13NO5S. The van der Waals surface area contributed by atoms with E-state index >= 15 is 0 Å². The van der Waals surface area contributed by atoms with E-state index in [1.165, 1.54) is 11.3 Å². The van der Waals surface area contributed by atoms with Crippen LogP contribution in [0.4, 0.5) is 0 Å². The van der Waals surface area contributed by atoms with Crippen molar-refractivity contribution in [3.63, 3.8) is 0 Å². The average molecular weight is 355 g/mol. The molecule has 1 aliphatic rings. The lowest BCUT2D eigenvalue weighted by Crippen LogP contribution is -2.08. The number of nitrogens with zero attached hydrogens (tertiary/aromatic N) is 1. The molecule has 3 aromatic rings. The maximum absolute atomic E-state index is 12.2. The third-order valence-corrected chi connectivity index (χ3v) is 4.15. The highest BCUT2D eigenvalue weighted by Crippen LogP contribution is 2.35. The minimum absolute atomic E-state index is 0.176.